The van der Waals surface area contributed by atoms with Crippen molar-refractivity contribution in [2.45, 2.75) is 33.7 Å². The minimum absolute atomic E-state index is 0.292. The molecule has 4 nitrogen and oxygen atoms in total. The SMILES string of the molecule is CCOC(=O)[C@@H](C)n1nc(C)c(Cl)c1C. The Morgan fingerprint density at radius 3 is 2.60 bits per heavy atom. The molecule has 1 aromatic heterocycles. The van der Waals surface area contributed by atoms with Gasteiger partial charge in [0.15, 0.2) is 0 Å². The lowest BCUT2D eigenvalue weighted by molar-refractivity contribution is -0.146. The summed E-state index contributed by atoms with van der Waals surface area (Å²) in [5.41, 5.74) is 1.51. The normalized spacial score (nSPS) is 12.6. The van der Waals surface area contributed by atoms with E-state index in [9.17, 15) is 4.79 Å². The van der Waals surface area contributed by atoms with Crippen molar-refractivity contribution in [3.63, 3.8) is 0 Å². The van der Waals surface area contributed by atoms with Crippen LogP contribution in [0.1, 0.15) is 31.3 Å². The summed E-state index contributed by atoms with van der Waals surface area (Å²) < 4.78 is 6.51. The summed E-state index contributed by atoms with van der Waals surface area (Å²) in [5, 5.41) is 4.80. The van der Waals surface area contributed by atoms with E-state index in [1.165, 1.54) is 0 Å². The minimum Gasteiger partial charge on any atom is -0.464 e. The van der Waals surface area contributed by atoms with Crippen molar-refractivity contribution < 1.29 is 9.53 Å². The Morgan fingerprint density at radius 1 is 1.60 bits per heavy atom. The van der Waals surface area contributed by atoms with Gasteiger partial charge < -0.3 is 4.74 Å². The quantitative estimate of drug-likeness (QED) is 0.749. The number of ether oxygens (including phenoxy) is 1. The Morgan fingerprint density at radius 2 is 2.20 bits per heavy atom. The van der Waals surface area contributed by atoms with E-state index in [1.807, 2.05) is 13.8 Å². The van der Waals surface area contributed by atoms with Gasteiger partial charge in [0, 0.05) is 0 Å². The molecule has 0 fully saturated rings. The van der Waals surface area contributed by atoms with Crippen LogP contribution in [0.5, 0.6) is 0 Å². The lowest BCUT2D eigenvalue weighted by Crippen LogP contribution is -2.21. The van der Waals surface area contributed by atoms with Crippen LogP contribution in [0.2, 0.25) is 5.02 Å². The number of carbonyl (C=O) groups excluding carboxylic acids is 1. The van der Waals surface area contributed by atoms with Crippen LogP contribution < -0.4 is 0 Å². The molecule has 0 aromatic carbocycles. The van der Waals surface area contributed by atoms with Crippen molar-refractivity contribution in [3.05, 3.63) is 16.4 Å². The molecule has 1 rings (SSSR count). The number of halogens is 1. The second-order valence-corrected chi connectivity index (χ2v) is 3.74. The highest BCUT2D eigenvalue weighted by atomic mass is 35.5. The van der Waals surface area contributed by atoms with Gasteiger partial charge in [0.05, 0.1) is 23.0 Å². The third kappa shape index (κ3) is 2.31. The maximum absolute atomic E-state index is 11.5. The Kier molecular flexibility index (Phi) is 3.74. The van der Waals surface area contributed by atoms with Gasteiger partial charge in [0.1, 0.15) is 6.04 Å². The number of hydrogen-bond acceptors (Lipinski definition) is 3. The highest BCUT2D eigenvalue weighted by Crippen LogP contribution is 2.22. The van der Waals surface area contributed by atoms with Crippen molar-refractivity contribution in [2.75, 3.05) is 6.61 Å². The molecule has 0 N–H and O–H groups in total. The van der Waals surface area contributed by atoms with Gasteiger partial charge in [-0.05, 0) is 27.7 Å². The maximum Gasteiger partial charge on any atom is 0.330 e. The van der Waals surface area contributed by atoms with E-state index in [-0.39, 0.29) is 5.97 Å². The van der Waals surface area contributed by atoms with Crippen LogP contribution in [-0.4, -0.2) is 22.4 Å². The van der Waals surface area contributed by atoms with E-state index >= 15 is 0 Å². The highest BCUT2D eigenvalue weighted by Gasteiger charge is 2.21. The van der Waals surface area contributed by atoms with Crippen molar-refractivity contribution in [1.82, 2.24) is 9.78 Å². The summed E-state index contributed by atoms with van der Waals surface area (Å²) in [6.07, 6.45) is 0. The average molecular weight is 231 g/mol. The van der Waals surface area contributed by atoms with Crippen LogP contribution in [0.15, 0.2) is 0 Å². The van der Waals surface area contributed by atoms with Gasteiger partial charge in [-0.3, -0.25) is 4.68 Å². The second kappa shape index (κ2) is 4.66. The lowest BCUT2D eigenvalue weighted by atomic mass is 10.3. The van der Waals surface area contributed by atoms with Gasteiger partial charge in [-0.15, -0.1) is 0 Å². The highest BCUT2D eigenvalue weighted by molar-refractivity contribution is 6.31. The molecule has 0 saturated carbocycles. The van der Waals surface area contributed by atoms with E-state index in [2.05, 4.69) is 5.10 Å². The largest absolute Gasteiger partial charge is 0.464 e. The number of esters is 1. The predicted molar refractivity (Wildman–Crippen MR) is 58.1 cm³/mol. The number of nitrogens with zero attached hydrogens (tertiary/aromatic N) is 2. The molecule has 0 unspecified atom stereocenters. The van der Waals surface area contributed by atoms with E-state index in [0.29, 0.717) is 11.6 Å². The zero-order valence-electron chi connectivity index (χ0n) is 9.37. The zero-order chi connectivity index (χ0) is 11.6. The molecule has 0 aliphatic heterocycles. The molecule has 0 bridgehead atoms. The second-order valence-electron chi connectivity index (χ2n) is 3.36. The Bertz CT molecular complexity index is 374. The fourth-order valence-corrected chi connectivity index (χ4v) is 1.51. The summed E-state index contributed by atoms with van der Waals surface area (Å²) in [5.74, 6) is -0.292. The Balaban J connectivity index is 2.96. The fourth-order valence-electron chi connectivity index (χ4n) is 1.38. The first kappa shape index (κ1) is 12.0. The number of aromatic nitrogens is 2. The van der Waals surface area contributed by atoms with Crippen molar-refractivity contribution in [3.8, 4) is 0 Å². The monoisotopic (exact) mass is 230 g/mol. The van der Waals surface area contributed by atoms with Gasteiger partial charge in [-0.2, -0.15) is 5.10 Å². The summed E-state index contributed by atoms with van der Waals surface area (Å²) in [7, 11) is 0. The number of carbonyl (C=O) groups is 1. The molecule has 1 atom stereocenters. The molecular formula is C10H15ClN2O2. The molecule has 0 amide bonds. The third-order valence-corrected chi connectivity index (χ3v) is 2.78. The van der Waals surface area contributed by atoms with E-state index in [1.54, 1.807) is 18.5 Å². The molecule has 0 aliphatic rings. The molecule has 0 aliphatic carbocycles. The van der Waals surface area contributed by atoms with E-state index in [0.717, 1.165) is 11.4 Å². The third-order valence-electron chi connectivity index (χ3n) is 2.23. The standard InChI is InChI=1S/C10H15ClN2O2/c1-5-15-10(14)8(4)13-7(3)9(11)6(2)12-13/h8H,5H2,1-4H3/t8-/m1/s1. The van der Waals surface area contributed by atoms with E-state index in [4.69, 9.17) is 16.3 Å². The first-order chi connectivity index (χ1) is 6.99. The van der Waals surface area contributed by atoms with Crippen LogP contribution in [0.4, 0.5) is 0 Å². The predicted octanol–water partition coefficient (Wildman–Crippen LogP) is 2.28. The Hall–Kier alpha value is -1.03. The first-order valence-corrected chi connectivity index (χ1v) is 5.24. The van der Waals surface area contributed by atoms with Gasteiger partial charge in [-0.25, -0.2) is 4.79 Å². The molecule has 0 spiro atoms. The zero-order valence-corrected chi connectivity index (χ0v) is 10.1. The maximum atomic E-state index is 11.5. The average Bonchev–Trinajstić information content (AvgIpc) is 2.45. The summed E-state index contributed by atoms with van der Waals surface area (Å²) in [4.78, 5) is 11.5. The van der Waals surface area contributed by atoms with Gasteiger partial charge in [0.25, 0.3) is 0 Å². The molecule has 15 heavy (non-hydrogen) atoms. The topological polar surface area (TPSA) is 44.1 Å². The van der Waals surface area contributed by atoms with Crippen molar-refractivity contribution >= 4 is 17.6 Å². The number of hydrogen-bond donors (Lipinski definition) is 0. The smallest absolute Gasteiger partial charge is 0.330 e. The van der Waals surface area contributed by atoms with Gasteiger partial charge in [-0.1, -0.05) is 11.6 Å². The van der Waals surface area contributed by atoms with Crippen LogP contribution in [-0.2, 0) is 9.53 Å². The molecule has 0 saturated heterocycles. The molecule has 1 aromatic rings. The minimum atomic E-state index is -0.434. The summed E-state index contributed by atoms with van der Waals surface area (Å²) in [6, 6.07) is -0.434. The lowest BCUT2D eigenvalue weighted by Gasteiger charge is -2.12. The fraction of sp³-hybridized carbons (Fsp3) is 0.600. The van der Waals surface area contributed by atoms with Crippen LogP contribution in [0.3, 0.4) is 0 Å². The summed E-state index contributed by atoms with van der Waals surface area (Å²) >= 11 is 5.99. The number of rotatable bonds is 3. The Labute approximate surface area is 94.2 Å². The van der Waals surface area contributed by atoms with Gasteiger partial charge >= 0.3 is 5.97 Å². The van der Waals surface area contributed by atoms with Gasteiger partial charge in [0.2, 0.25) is 0 Å². The van der Waals surface area contributed by atoms with Crippen LogP contribution >= 0.6 is 11.6 Å². The van der Waals surface area contributed by atoms with Crippen LogP contribution in [0.25, 0.3) is 0 Å². The van der Waals surface area contributed by atoms with E-state index < -0.39 is 6.04 Å². The van der Waals surface area contributed by atoms with Crippen molar-refractivity contribution in [2.24, 2.45) is 0 Å². The number of aryl methyl sites for hydroxylation is 1. The molecule has 0 radical (unpaired) electrons. The molecule has 5 heteroatoms. The van der Waals surface area contributed by atoms with Crippen molar-refractivity contribution in [1.29, 1.82) is 0 Å². The first-order valence-electron chi connectivity index (χ1n) is 4.86. The molecule has 1 heterocycles. The van der Waals surface area contributed by atoms with Crippen LogP contribution in [0, 0.1) is 13.8 Å². The molecule has 84 valence electrons. The molecular weight excluding hydrogens is 216 g/mol. The summed E-state index contributed by atoms with van der Waals surface area (Å²) in [6.45, 7) is 7.53.